The first kappa shape index (κ1) is 19.5. The van der Waals surface area contributed by atoms with E-state index in [4.69, 9.17) is 11.6 Å². The number of nitrogens with one attached hydrogen (secondary N) is 2. The van der Waals surface area contributed by atoms with Crippen LogP contribution in [0.1, 0.15) is 24.9 Å². The molecule has 0 radical (unpaired) electrons. The van der Waals surface area contributed by atoms with Gasteiger partial charge in [0, 0.05) is 18.0 Å². The van der Waals surface area contributed by atoms with Crippen LogP contribution in [-0.4, -0.2) is 19.5 Å². The van der Waals surface area contributed by atoms with E-state index in [1.165, 1.54) is 0 Å². The molecule has 0 saturated carbocycles. The van der Waals surface area contributed by atoms with E-state index in [0.29, 0.717) is 13.0 Å². The predicted octanol–water partition coefficient (Wildman–Crippen LogP) is 4.22. The van der Waals surface area contributed by atoms with Crippen molar-refractivity contribution in [3.63, 3.8) is 0 Å². The third-order valence-electron chi connectivity index (χ3n) is 3.56. The molecule has 124 valence electrons. The Labute approximate surface area is 148 Å². The average Bonchev–Trinajstić information content (AvgIpc) is 2.53. The molecule has 0 saturated heterocycles. The van der Waals surface area contributed by atoms with Crippen LogP contribution in [0.2, 0.25) is 5.02 Å². The van der Waals surface area contributed by atoms with Gasteiger partial charge in [-0.15, -0.1) is 12.4 Å². The summed E-state index contributed by atoms with van der Waals surface area (Å²) in [5.74, 6) is 0.0489. The second kappa shape index (κ2) is 9.56. The summed E-state index contributed by atoms with van der Waals surface area (Å²) in [6.07, 6.45) is 0.476. The van der Waals surface area contributed by atoms with E-state index >= 15 is 0 Å². The maximum atomic E-state index is 11.9. The van der Waals surface area contributed by atoms with Gasteiger partial charge in [-0.25, -0.2) is 0 Å². The molecule has 1 unspecified atom stereocenters. The number of carbonyl (C=O) groups excluding carboxylic acids is 1. The van der Waals surface area contributed by atoms with Gasteiger partial charge >= 0.3 is 0 Å². The molecule has 1 atom stereocenters. The largest absolute Gasteiger partial charge is 0.350 e. The summed E-state index contributed by atoms with van der Waals surface area (Å²) in [7, 11) is 1.84. The number of carbonyl (C=O) groups is 1. The smallest absolute Gasteiger partial charge is 0.221 e. The molecule has 0 spiro atoms. The van der Waals surface area contributed by atoms with Crippen LogP contribution >= 0.6 is 24.0 Å². The second-order valence-electron chi connectivity index (χ2n) is 5.24. The molecule has 0 heterocycles. The van der Waals surface area contributed by atoms with Crippen molar-refractivity contribution in [2.75, 3.05) is 13.6 Å². The molecular weight excluding hydrogens is 331 g/mol. The summed E-state index contributed by atoms with van der Waals surface area (Å²) in [5.41, 5.74) is 3.31. The fourth-order valence-corrected chi connectivity index (χ4v) is 2.52. The third-order valence-corrected chi connectivity index (χ3v) is 3.81. The summed E-state index contributed by atoms with van der Waals surface area (Å²) >= 11 is 5.96. The summed E-state index contributed by atoms with van der Waals surface area (Å²) in [6, 6.07) is 15.8. The van der Waals surface area contributed by atoms with Gasteiger partial charge in [0.1, 0.15) is 0 Å². The lowest BCUT2D eigenvalue weighted by Crippen LogP contribution is -2.29. The highest BCUT2D eigenvalue weighted by atomic mass is 35.5. The Morgan fingerprint density at radius 1 is 1.13 bits per heavy atom. The SMILES string of the molecule is CNCCC(=O)NC(C)c1ccccc1-c1ccc(Cl)cc1.Cl. The molecule has 2 aromatic carbocycles. The molecule has 2 rings (SSSR count). The van der Waals surface area contributed by atoms with E-state index in [2.05, 4.69) is 16.7 Å². The quantitative estimate of drug-likeness (QED) is 0.817. The van der Waals surface area contributed by atoms with Crippen LogP contribution in [0, 0.1) is 0 Å². The molecule has 3 nitrogen and oxygen atoms in total. The van der Waals surface area contributed by atoms with Crippen LogP contribution < -0.4 is 10.6 Å². The zero-order valence-corrected chi connectivity index (χ0v) is 14.9. The molecule has 5 heteroatoms. The number of halogens is 2. The molecule has 0 aliphatic carbocycles. The molecular formula is C18H22Cl2N2O. The summed E-state index contributed by atoms with van der Waals surface area (Å²) < 4.78 is 0. The standard InChI is InChI=1S/C18H21ClN2O.ClH/c1-13(21-18(22)11-12-20-2)16-5-3-4-6-17(16)14-7-9-15(19)10-8-14;/h3-10,13,20H,11-12H2,1-2H3,(H,21,22);1H. The number of rotatable bonds is 6. The second-order valence-corrected chi connectivity index (χ2v) is 5.67. The van der Waals surface area contributed by atoms with E-state index < -0.39 is 0 Å². The number of amides is 1. The fourth-order valence-electron chi connectivity index (χ4n) is 2.40. The fraction of sp³-hybridized carbons (Fsp3) is 0.278. The van der Waals surface area contributed by atoms with Gasteiger partial charge in [0.2, 0.25) is 5.91 Å². The van der Waals surface area contributed by atoms with E-state index in [0.717, 1.165) is 21.7 Å². The van der Waals surface area contributed by atoms with E-state index in [-0.39, 0.29) is 24.4 Å². The Morgan fingerprint density at radius 2 is 1.78 bits per heavy atom. The van der Waals surface area contributed by atoms with Crippen molar-refractivity contribution < 1.29 is 4.79 Å². The van der Waals surface area contributed by atoms with Gasteiger partial charge in [-0.3, -0.25) is 4.79 Å². The molecule has 0 aliphatic rings. The highest BCUT2D eigenvalue weighted by molar-refractivity contribution is 6.30. The maximum absolute atomic E-state index is 11.9. The minimum atomic E-state index is -0.0452. The van der Waals surface area contributed by atoms with Crippen LogP contribution in [-0.2, 0) is 4.79 Å². The Kier molecular flexibility index (Phi) is 8.10. The van der Waals surface area contributed by atoms with Crippen molar-refractivity contribution in [3.8, 4) is 11.1 Å². The average molecular weight is 353 g/mol. The van der Waals surface area contributed by atoms with E-state index in [1.807, 2.05) is 56.4 Å². The van der Waals surface area contributed by atoms with Crippen molar-refractivity contribution in [1.29, 1.82) is 0 Å². The number of hydrogen-bond donors (Lipinski definition) is 2. The van der Waals surface area contributed by atoms with Gasteiger partial charge < -0.3 is 10.6 Å². The van der Waals surface area contributed by atoms with Gasteiger partial charge in [0.25, 0.3) is 0 Å². The third kappa shape index (κ3) is 5.54. The maximum Gasteiger partial charge on any atom is 0.221 e. The molecule has 0 aliphatic heterocycles. The number of benzene rings is 2. The molecule has 1 amide bonds. The molecule has 0 bridgehead atoms. The van der Waals surface area contributed by atoms with E-state index in [9.17, 15) is 4.79 Å². The van der Waals surface area contributed by atoms with Crippen molar-refractivity contribution in [3.05, 3.63) is 59.1 Å². The van der Waals surface area contributed by atoms with Gasteiger partial charge in [-0.05, 0) is 42.8 Å². The first-order valence-electron chi connectivity index (χ1n) is 7.40. The van der Waals surface area contributed by atoms with Crippen LogP contribution in [0.5, 0.6) is 0 Å². The van der Waals surface area contributed by atoms with Gasteiger partial charge in [0.15, 0.2) is 0 Å². The van der Waals surface area contributed by atoms with Crippen LogP contribution in [0.25, 0.3) is 11.1 Å². The zero-order valence-electron chi connectivity index (χ0n) is 13.3. The van der Waals surface area contributed by atoms with Gasteiger partial charge in [0.05, 0.1) is 6.04 Å². The molecule has 2 N–H and O–H groups in total. The van der Waals surface area contributed by atoms with Gasteiger partial charge in [-0.2, -0.15) is 0 Å². The van der Waals surface area contributed by atoms with E-state index in [1.54, 1.807) is 0 Å². The Morgan fingerprint density at radius 3 is 2.43 bits per heavy atom. The lowest BCUT2D eigenvalue weighted by Gasteiger charge is -2.18. The van der Waals surface area contributed by atoms with Crippen molar-refractivity contribution in [1.82, 2.24) is 10.6 Å². The minimum absolute atomic E-state index is 0. The summed E-state index contributed by atoms with van der Waals surface area (Å²) in [4.78, 5) is 11.9. The first-order valence-corrected chi connectivity index (χ1v) is 7.78. The lowest BCUT2D eigenvalue weighted by molar-refractivity contribution is -0.121. The molecule has 0 aromatic heterocycles. The normalized spacial score (nSPS) is 11.4. The first-order chi connectivity index (χ1) is 10.6. The highest BCUT2D eigenvalue weighted by Crippen LogP contribution is 2.29. The molecule has 0 fully saturated rings. The molecule has 2 aromatic rings. The minimum Gasteiger partial charge on any atom is -0.350 e. The topological polar surface area (TPSA) is 41.1 Å². The Bertz CT molecular complexity index is 629. The Hall–Kier alpha value is -1.55. The predicted molar refractivity (Wildman–Crippen MR) is 99.2 cm³/mol. The highest BCUT2D eigenvalue weighted by Gasteiger charge is 2.13. The summed E-state index contributed by atoms with van der Waals surface area (Å²) in [6.45, 7) is 2.68. The van der Waals surface area contributed by atoms with Crippen molar-refractivity contribution in [2.24, 2.45) is 0 Å². The van der Waals surface area contributed by atoms with Crippen LogP contribution in [0.3, 0.4) is 0 Å². The van der Waals surface area contributed by atoms with Crippen molar-refractivity contribution in [2.45, 2.75) is 19.4 Å². The molecule has 23 heavy (non-hydrogen) atoms. The van der Waals surface area contributed by atoms with Crippen LogP contribution in [0.15, 0.2) is 48.5 Å². The Balaban J connectivity index is 0.00000264. The van der Waals surface area contributed by atoms with Crippen LogP contribution in [0.4, 0.5) is 0 Å². The number of hydrogen-bond acceptors (Lipinski definition) is 2. The van der Waals surface area contributed by atoms with Crippen molar-refractivity contribution >= 4 is 29.9 Å². The van der Waals surface area contributed by atoms with Gasteiger partial charge in [-0.1, -0.05) is 48.0 Å². The lowest BCUT2D eigenvalue weighted by atomic mass is 9.95. The zero-order chi connectivity index (χ0) is 15.9. The monoisotopic (exact) mass is 352 g/mol. The summed E-state index contributed by atoms with van der Waals surface area (Å²) in [5, 5.41) is 6.75.